The molecule has 0 spiro atoms. The van der Waals surface area contributed by atoms with Gasteiger partial charge in [0, 0.05) is 31.9 Å². The van der Waals surface area contributed by atoms with Gasteiger partial charge < -0.3 is 15.0 Å². The monoisotopic (exact) mass is 366 g/mol. The standard InChI is InChI=1S/C21H27N5O/c1-16-17(2)26(9-8-24-10-12-27-13-11-24)21-19(16)20(22)25(15-23-21)14-18-6-4-3-5-7-18/h3-7,15,22H,8-14H2,1-2H3/p+1. The van der Waals surface area contributed by atoms with Gasteiger partial charge in [0.15, 0.2) is 0 Å². The van der Waals surface area contributed by atoms with E-state index in [9.17, 15) is 0 Å². The number of hydrogen-bond donors (Lipinski definition) is 1. The van der Waals surface area contributed by atoms with Crippen molar-refractivity contribution >= 4 is 16.9 Å². The molecule has 0 bridgehead atoms. The molecule has 0 aliphatic carbocycles. The number of hydrogen-bond acceptors (Lipinski definition) is 4. The second-order valence-electron chi connectivity index (χ2n) is 7.26. The molecule has 1 aliphatic heterocycles. The summed E-state index contributed by atoms with van der Waals surface area (Å²) in [5, 5.41) is 1.08. The lowest BCUT2D eigenvalue weighted by molar-refractivity contribution is -0.675. The van der Waals surface area contributed by atoms with E-state index in [-0.39, 0.29) is 0 Å². The molecule has 2 N–H and O–H groups in total. The Bertz CT molecular complexity index is 929. The number of aromatic nitrogens is 3. The number of fused-ring (bicyclic) bond motifs is 1. The molecule has 6 heteroatoms. The van der Waals surface area contributed by atoms with Gasteiger partial charge in [-0.15, -0.1) is 0 Å². The minimum absolute atomic E-state index is 0.729. The van der Waals surface area contributed by atoms with E-state index >= 15 is 0 Å². The summed E-state index contributed by atoms with van der Waals surface area (Å²) >= 11 is 0. The molecule has 1 aliphatic rings. The Balaban J connectivity index is 1.63. The zero-order valence-electron chi connectivity index (χ0n) is 16.2. The van der Waals surface area contributed by atoms with Crippen molar-refractivity contribution in [2.75, 3.05) is 38.6 Å². The maximum absolute atomic E-state index is 6.57. The SMILES string of the molecule is Cc1c(C)n(CCN2CCOCC2)c2nc[n+](Cc3ccccc3)c(N)c12. The van der Waals surface area contributed by atoms with Gasteiger partial charge in [-0.1, -0.05) is 35.3 Å². The zero-order valence-corrected chi connectivity index (χ0v) is 16.2. The van der Waals surface area contributed by atoms with Gasteiger partial charge in [0.2, 0.25) is 17.8 Å². The second kappa shape index (κ2) is 7.66. The summed E-state index contributed by atoms with van der Waals surface area (Å²) < 4.78 is 9.79. The molecule has 3 aromatic rings. The molecule has 1 aromatic carbocycles. The van der Waals surface area contributed by atoms with Crippen molar-refractivity contribution in [2.45, 2.75) is 26.9 Å². The highest BCUT2D eigenvalue weighted by molar-refractivity contribution is 5.89. The van der Waals surface area contributed by atoms with E-state index in [2.05, 4.69) is 47.6 Å². The fourth-order valence-corrected chi connectivity index (χ4v) is 3.86. The number of morpholine rings is 1. The number of anilines is 1. The predicted molar refractivity (Wildman–Crippen MR) is 107 cm³/mol. The van der Waals surface area contributed by atoms with Crippen LogP contribution in [0.25, 0.3) is 11.0 Å². The van der Waals surface area contributed by atoms with Crippen LogP contribution < -0.4 is 10.3 Å². The van der Waals surface area contributed by atoms with E-state index in [1.807, 2.05) is 17.0 Å². The summed E-state index contributed by atoms with van der Waals surface area (Å²) in [6.07, 6.45) is 1.87. The smallest absolute Gasteiger partial charge is 0.232 e. The maximum atomic E-state index is 6.57. The Morgan fingerprint density at radius 2 is 1.85 bits per heavy atom. The second-order valence-corrected chi connectivity index (χ2v) is 7.26. The summed E-state index contributed by atoms with van der Waals surface area (Å²) in [4.78, 5) is 7.24. The molecule has 3 heterocycles. The van der Waals surface area contributed by atoms with E-state index in [0.29, 0.717) is 0 Å². The Labute approximate surface area is 160 Å². The van der Waals surface area contributed by atoms with Crippen molar-refractivity contribution in [2.24, 2.45) is 0 Å². The lowest BCUT2D eigenvalue weighted by Crippen LogP contribution is -2.39. The molecular weight excluding hydrogens is 338 g/mol. The molecule has 2 aromatic heterocycles. The Kier molecular flexibility index (Phi) is 5.09. The molecule has 1 fully saturated rings. The predicted octanol–water partition coefficient (Wildman–Crippen LogP) is 1.90. The van der Waals surface area contributed by atoms with Crippen LogP contribution in [0.15, 0.2) is 36.7 Å². The van der Waals surface area contributed by atoms with Crippen molar-refractivity contribution in [1.82, 2.24) is 14.5 Å². The van der Waals surface area contributed by atoms with Crippen molar-refractivity contribution < 1.29 is 9.30 Å². The van der Waals surface area contributed by atoms with E-state index < -0.39 is 0 Å². The summed E-state index contributed by atoms with van der Waals surface area (Å²) in [6, 6.07) is 10.4. The number of aryl methyl sites for hydroxylation is 1. The fraction of sp³-hybridized carbons (Fsp3) is 0.429. The third kappa shape index (κ3) is 3.55. The number of nitrogens with zero attached hydrogens (tertiary/aromatic N) is 4. The van der Waals surface area contributed by atoms with Gasteiger partial charge in [-0.05, 0) is 25.0 Å². The van der Waals surface area contributed by atoms with Crippen molar-refractivity contribution in [3.8, 4) is 0 Å². The van der Waals surface area contributed by atoms with Gasteiger partial charge in [0.05, 0.1) is 19.8 Å². The molecule has 0 saturated carbocycles. The maximum Gasteiger partial charge on any atom is 0.232 e. The first-order chi connectivity index (χ1) is 13.1. The van der Waals surface area contributed by atoms with Gasteiger partial charge >= 0.3 is 0 Å². The van der Waals surface area contributed by atoms with Gasteiger partial charge in [-0.2, -0.15) is 0 Å². The number of ether oxygens (including phenoxy) is 1. The van der Waals surface area contributed by atoms with Crippen molar-refractivity contribution in [3.63, 3.8) is 0 Å². The minimum atomic E-state index is 0.729. The van der Waals surface area contributed by atoms with Crippen LogP contribution in [0.3, 0.4) is 0 Å². The summed E-state index contributed by atoms with van der Waals surface area (Å²) in [5.74, 6) is 0.787. The van der Waals surface area contributed by atoms with Crippen LogP contribution in [0, 0.1) is 13.8 Å². The molecule has 0 unspecified atom stereocenters. The average Bonchev–Trinajstić information content (AvgIpc) is 2.95. The highest BCUT2D eigenvalue weighted by Crippen LogP contribution is 2.26. The van der Waals surface area contributed by atoms with E-state index in [4.69, 9.17) is 15.5 Å². The fourth-order valence-electron chi connectivity index (χ4n) is 3.86. The first-order valence-electron chi connectivity index (χ1n) is 9.62. The normalized spacial score (nSPS) is 15.5. The molecular formula is C21H28N5O+. The molecule has 0 radical (unpaired) electrons. The van der Waals surface area contributed by atoms with Gasteiger partial charge in [-0.25, -0.2) is 4.57 Å². The molecule has 6 nitrogen and oxygen atoms in total. The zero-order chi connectivity index (χ0) is 18.8. The number of nitrogen functional groups attached to an aromatic ring is 1. The van der Waals surface area contributed by atoms with E-state index in [1.54, 1.807) is 0 Å². The molecule has 4 rings (SSSR count). The van der Waals surface area contributed by atoms with Crippen LogP contribution in [-0.2, 0) is 17.8 Å². The minimum Gasteiger partial charge on any atom is -0.379 e. The molecule has 142 valence electrons. The molecule has 0 amide bonds. The first-order valence-corrected chi connectivity index (χ1v) is 9.62. The first kappa shape index (κ1) is 17.9. The average molecular weight is 366 g/mol. The third-order valence-corrected chi connectivity index (χ3v) is 5.63. The van der Waals surface area contributed by atoms with Gasteiger partial charge in [0.25, 0.3) is 0 Å². The number of benzene rings is 1. The number of rotatable bonds is 5. The Morgan fingerprint density at radius 3 is 2.59 bits per heavy atom. The van der Waals surface area contributed by atoms with E-state index in [0.717, 1.165) is 62.8 Å². The van der Waals surface area contributed by atoms with Crippen LogP contribution >= 0.6 is 0 Å². The molecule has 0 atom stereocenters. The van der Waals surface area contributed by atoms with Crippen molar-refractivity contribution in [3.05, 3.63) is 53.5 Å². The lowest BCUT2D eigenvalue weighted by atomic mass is 10.2. The highest BCUT2D eigenvalue weighted by atomic mass is 16.5. The topological polar surface area (TPSA) is 60.2 Å². The lowest BCUT2D eigenvalue weighted by Gasteiger charge is -2.26. The summed E-state index contributed by atoms with van der Waals surface area (Å²) in [7, 11) is 0. The van der Waals surface area contributed by atoms with Gasteiger partial charge in [0.1, 0.15) is 5.39 Å². The van der Waals surface area contributed by atoms with Gasteiger partial charge in [-0.3, -0.25) is 4.90 Å². The highest BCUT2D eigenvalue weighted by Gasteiger charge is 2.22. The van der Waals surface area contributed by atoms with Crippen LogP contribution in [0.2, 0.25) is 0 Å². The van der Waals surface area contributed by atoms with Crippen molar-refractivity contribution in [1.29, 1.82) is 0 Å². The summed E-state index contributed by atoms with van der Waals surface area (Å²) in [6.45, 7) is 10.6. The number of nitrogens with two attached hydrogens (primary N) is 1. The largest absolute Gasteiger partial charge is 0.379 e. The van der Waals surface area contributed by atoms with Crippen LogP contribution in [-0.4, -0.2) is 47.3 Å². The quantitative estimate of drug-likeness (QED) is 0.701. The molecule has 27 heavy (non-hydrogen) atoms. The van der Waals surface area contributed by atoms with E-state index in [1.165, 1.54) is 16.8 Å². The third-order valence-electron chi connectivity index (χ3n) is 5.63. The van der Waals surface area contributed by atoms with Crippen LogP contribution in [0.1, 0.15) is 16.8 Å². The molecule has 1 saturated heterocycles. The summed E-state index contributed by atoms with van der Waals surface area (Å²) in [5.41, 5.74) is 11.2. The van der Waals surface area contributed by atoms with Crippen LogP contribution in [0.4, 0.5) is 5.82 Å². The Hall–Kier alpha value is -2.44. The van der Waals surface area contributed by atoms with Crippen LogP contribution in [0.5, 0.6) is 0 Å². The Morgan fingerprint density at radius 1 is 1.11 bits per heavy atom.